The number of nitrogens with one attached hydrogen (secondary N) is 1. The maximum atomic E-state index is 11.9. The number of benzene rings is 1. The number of esters is 1. The highest BCUT2D eigenvalue weighted by Crippen LogP contribution is 2.17. The standard InChI is InChI=1S/C15H20BrNO3S/c1-10(15(19)20-3)8-21-9-14(18)17-11(2)12-4-6-13(16)7-5-12/h4-7,10-11H,8-9H2,1-3H3,(H,17,18). The number of halogens is 1. The number of carbonyl (C=O) groups is 2. The van der Waals surface area contributed by atoms with Crippen LogP contribution in [0.5, 0.6) is 0 Å². The Labute approximate surface area is 138 Å². The third kappa shape index (κ3) is 6.52. The Balaban J connectivity index is 2.33. The van der Waals surface area contributed by atoms with Gasteiger partial charge in [0.25, 0.3) is 0 Å². The van der Waals surface area contributed by atoms with E-state index in [0.717, 1.165) is 10.0 Å². The molecule has 1 amide bonds. The van der Waals surface area contributed by atoms with E-state index < -0.39 is 0 Å². The monoisotopic (exact) mass is 373 g/mol. The van der Waals surface area contributed by atoms with Crippen LogP contribution in [0.3, 0.4) is 0 Å². The van der Waals surface area contributed by atoms with E-state index in [1.165, 1.54) is 18.9 Å². The number of hydrogen-bond acceptors (Lipinski definition) is 4. The largest absolute Gasteiger partial charge is 0.469 e. The van der Waals surface area contributed by atoms with Gasteiger partial charge in [-0.2, -0.15) is 11.8 Å². The highest BCUT2D eigenvalue weighted by Gasteiger charge is 2.14. The number of rotatable bonds is 7. The minimum absolute atomic E-state index is 0.0347. The number of carbonyl (C=O) groups excluding carboxylic acids is 2. The average Bonchev–Trinajstić information content (AvgIpc) is 2.46. The van der Waals surface area contributed by atoms with Crippen LogP contribution in [0, 0.1) is 5.92 Å². The molecule has 2 atom stereocenters. The minimum atomic E-state index is -0.244. The predicted molar refractivity (Wildman–Crippen MR) is 89.2 cm³/mol. The van der Waals surface area contributed by atoms with Gasteiger partial charge < -0.3 is 10.1 Å². The van der Waals surface area contributed by atoms with Crippen molar-refractivity contribution in [2.45, 2.75) is 19.9 Å². The second-order valence-electron chi connectivity index (χ2n) is 4.78. The third-order valence-electron chi connectivity index (χ3n) is 2.95. The molecule has 0 saturated heterocycles. The molecule has 1 aromatic carbocycles. The van der Waals surface area contributed by atoms with Gasteiger partial charge in [-0.3, -0.25) is 9.59 Å². The van der Waals surface area contributed by atoms with Crippen molar-refractivity contribution in [1.82, 2.24) is 5.32 Å². The zero-order valence-electron chi connectivity index (χ0n) is 12.4. The molecule has 0 aliphatic rings. The lowest BCUT2D eigenvalue weighted by Gasteiger charge is -2.15. The maximum absolute atomic E-state index is 11.9. The van der Waals surface area contributed by atoms with Crippen molar-refractivity contribution in [2.24, 2.45) is 5.92 Å². The lowest BCUT2D eigenvalue weighted by molar-refractivity contribution is -0.144. The summed E-state index contributed by atoms with van der Waals surface area (Å²) < 4.78 is 5.66. The van der Waals surface area contributed by atoms with Crippen LogP contribution in [-0.4, -0.2) is 30.5 Å². The van der Waals surface area contributed by atoms with Crippen LogP contribution in [0.15, 0.2) is 28.7 Å². The van der Waals surface area contributed by atoms with Gasteiger partial charge in [-0.1, -0.05) is 35.0 Å². The molecule has 0 bridgehead atoms. The molecule has 1 aromatic rings. The van der Waals surface area contributed by atoms with Gasteiger partial charge in [0.15, 0.2) is 0 Å². The topological polar surface area (TPSA) is 55.4 Å². The molecule has 0 radical (unpaired) electrons. The minimum Gasteiger partial charge on any atom is -0.469 e. The van der Waals surface area contributed by atoms with Crippen molar-refractivity contribution in [2.75, 3.05) is 18.6 Å². The van der Waals surface area contributed by atoms with Gasteiger partial charge in [0.2, 0.25) is 5.91 Å². The Morgan fingerprint density at radius 3 is 2.48 bits per heavy atom. The second-order valence-corrected chi connectivity index (χ2v) is 6.73. The van der Waals surface area contributed by atoms with Gasteiger partial charge in [0.05, 0.1) is 24.8 Å². The van der Waals surface area contributed by atoms with Gasteiger partial charge in [-0.15, -0.1) is 0 Å². The smallest absolute Gasteiger partial charge is 0.309 e. The first kappa shape index (κ1) is 18.0. The number of ether oxygens (including phenoxy) is 1. The summed E-state index contributed by atoms with van der Waals surface area (Å²) in [7, 11) is 1.37. The predicted octanol–water partition coefficient (Wildman–Crippen LogP) is 3.17. The molecule has 116 valence electrons. The number of methoxy groups -OCH3 is 1. The Hall–Kier alpha value is -1.01. The van der Waals surface area contributed by atoms with E-state index in [-0.39, 0.29) is 23.8 Å². The van der Waals surface area contributed by atoms with E-state index in [1.54, 1.807) is 6.92 Å². The van der Waals surface area contributed by atoms with Crippen LogP contribution < -0.4 is 5.32 Å². The Morgan fingerprint density at radius 1 is 1.29 bits per heavy atom. The number of thioether (sulfide) groups is 1. The molecule has 6 heteroatoms. The first-order valence-electron chi connectivity index (χ1n) is 6.64. The molecule has 1 rings (SSSR count). The quantitative estimate of drug-likeness (QED) is 0.745. The summed E-state index contributed by atoms with van der Waals surface area (Å²) in [5.74, 6) is 0.435. The summed E-state index contributed by atoms with van der Waals surface area (Å²) in [4.78, 5) is 23.1. The van der Waals surface area contributed by atoms with Crippen molar-refractivity contribution in [1.29, 1.82) is 0 Å². The van der Waals surface area contributed by atoms with Crippen molar-refractivity contribution in [3.63, 3.8) is 0 Å². The molecule has 0 spiro atoms. The highest BCUT2D eigenvalue weighted by atomic mass is 79.9. The summed E-state index contributed by atoms with van der Waals surface area (Å²) >= 11 is 4.81. The van der Waals surface area contributed by atoms with E-state index in [2.05, 4.69) is 26.0 Å². The van der Waals surface area contributed by atoms with Crippen LogP contribution in [0.1, 0.15) is 25.5 Å². The van der Waals surface area contributed by atoms with Crippen molar-refractivity contribution < 1.29 is 14.3 Å². The molecule has 0 fully saturated rings. The maximum Gasteiger partial charge on any atom is 0.309 e. The SMILES string of the molecule is COC(=O)C(C)CSCC(=O)NC(C)c1ccc(Br)cc1. The third-order valence-corrected chi connectivity index (χ3v) is 4.68. The Morgan fingerprint density at radius 2 is 1.90 bits per heavy atom. The second kappa shape index (κ2) is 9.10. The highest BCUT2D eigenvalue weighted by molar-refractivity contribution is 9.10. The molecular weight excluding hydrogens is 354 g/mol. The van der Waals surface area contributed by atoms with Crippen LogP contribution in [0.4, 0.5) is 0 Å². The fraction of sp³-hybridized carbons (Fsp3) is 0.467. The first-order chi connectivity index (χ1) is 9.93. The van der Waals surface area contributed by atoms with Crippen LogP contribution in [-0.2, 0) is 14.3 Å². The van der Waals surface area contributed by atoms with Crippen LogP contribution in [0.25, 0.3) is 0 Å². The van der Waals surface area contributed by atoms with Crippen molar-refractivity contribution in [3.05, 3.63) is 34.3 Å². The summed E-state index contributed by atoms with van der Waals surface area (Å²) in [6.45, 7) is 3.74. The molecule has 0 heterocycles. The molecule has 2 unspecified atom stereocenters. The molecule has 0 aliphatic heterocycles. The molecule has 21 heavy (non-hydrogen) atoms. The van der Waals surface area contributed by atoms with Gasteiger partial charge in [-0.05, 0) is 24.6 Å². The molecule has 1 N–H and O–H groups in total. The molecule has 0 saturated carbocycles. The van der Waals surface area contributed by atoms with E-state index in [1.807, 2.05) is 31.2 Å². The van der Waals surface area contributed by atoms with E-state index >= 15 is 0 Å². The van der Waals surface area contributed by atoms with E-state index in [4.69, 9.17) is 0 Å². The lowest BCUT2D eigenvalue weighted by atomic mass is 10.1. The average molecular weight is 374 g/mol. The van der Waals surface area contributed by atoms with Gasteiger partial charge in [-0.25, -0.2) is 0 Å². The zero-order chi connectivity index (χ0) is 15.8. The summed E-state index contributed by atoms with van der Waals surface area (Å²) in [6, 6.07) is 7.81. The van der Waals surface area contributed by atoms with Crippen LogP contribution >= 0.6 is 27.7 Å². The summed E-state index contributed by atoms with van der Waals surface area (Å²) in [5, 5.41) is 2.94. The molecule has 0 aliphatic carbocycles. The summed E-state index contributed by atoms with van der Waals surface area (Å²) in [5.41, 5.74) is 1.06. The lowest BCUT2D eigenvalue weighted by Crippen LogP contribution is -2.28. The van der Waals surface area contributed by atoms with E-state index in [0.29, 0.717) is 11.5 Å². The Bertz CT molecular complexity index is 478. The molecule has 0 aromatic heterocycles. The van der Waals surface area contributed by atoms with E-state index in [9.17, 15) is 9.59 Å². The van der Waals surface area contributed by atoms with Crippen molar-refractivity contribution in [3.8, 4) is 0 Å². The fourth-order valence-electron chi connectivity index (χ4n) is 1.72. The normalized spacial score (nSPS) is 13.3. The van der Waals surface area contributed by atoms with Gasteiger partial charge >= 0.3 is 5.97 Å². The molecule has 4 nitrogen and oxygen atoms in total. The Kier molecular flexibility index (Phi) is 7.82. The number of hydrogen-bond donors (Lipinski definition) is 1. The zero-order valence-corrected chi connectivity index (χ0v) is 14.8. The fourth-order valence-corrected chi connectivity index (χ4v) is 2.86. The van der Waals surface area contributed by atoms with Gasteiger partial charge in [0.1, 0.15) is 0 Å². The number of amides is 1. The van der Waals surface area contributed by atoms with Crippen LogP contribution in [0.2, 0.25) is 0 Å². The van der Waals surface area contributed by atoms with Crippen molar-refractivity contribution >= 4 is 39.6 Å². The molecular formula is C15H20BrNO3S. The first-order valence-corrected chi connectivity index (χ1v) is 8.59. The van der Waals surface area contributed by atoms with Gasteiger partial charge in [0, 0.05) is 10.2 Å². The summed E-state index contributed by atoms with van der Waals surface area (Å²) in [6.07, 6.45) is 0.